The Morgan fingerprint density at radius 1 is 1.19 bits per heavy atom. The van der Waals surface area contributed by atoms with Crippen molar-refractivity contribution >= 4 is 27.5 Å². The molecule has 2 aliphatic heterocycles. The zero-order valence-electron chi connectivity index (χ0n) is 23.0. The summed E-state index contributed by atoms with van der Waals surface area (Å²) in [6.45, 7) is 2.72. The fraction of sp³-hybridized carbons (Fsp3) is 0.464. The van der Waals surface area contributed by atoms with E-state index in [9.17, 15) is 28.9 Å². The normalized spacial score (nSPS) is 27.8. The van der Waals surface area contributed by atoms with E-state index >= 15 is 0 Å². The first-order valence-electron chi connectivity index (χ1n) is 13.3. The van der Waals surface area contributed by atoms with Crippen molar-refractivity contribution in [2.24, 2.45) is 0 Å². The number of anilines is 1. The second kappa shape index (κ2) is 12.4. The van der Waals surface area contributed by atoms with E-state index in [1.54, 1.807) is 12.1 Å². The average molecular weight is 653 g/mol. The van der Waals surface area contributed by atoms with Crippen LogP contribution < -0.4 is 4.90 Å². The summed E-state index contributed by atoms with van der Waals surface area (Å²) in [5.41, 5.74) is 1.27. The number of hydrogen-bond acceptors (Lipinski definition) is 9. The molecule has 1 amide bonds. The number of carbonyl (C=O) groups excluding carboxylic acids is 1. The quantitative estimate of drug-likeness (QED) is 0.350. The summed E-state index contributed by atoms with van der Waals surface area (Å²) in [7, 11) is 1.32. The zero-order chi connectivity index (χ0) is 30.3. The van der Waals surface area contributed by atoms with Crippen molar-refractivity contribution in [2.45, 2.75) is 56.5 Å². The lowest BCUT2D eigenvalue weighted by Gasteiger charge is -2.45. The van der Waals surface area contributed by atoms with Crippen molar-refractivity contribution in [3.05, 3.63) is 63.8 Å². The van der Waals surface area contributed by atoms with Crippen LogP contribution in [-0.2, 0) is 19.0 Å². The van der Waals surface area contributed by atoms with Gasteiger partial charge in [0.1, 0.15) is 36.2 Å². The van der Waals surface area contributed by atoms with Gasteiger partial charge in [-0.1, -0.05) is 27.2 Å². The molecule has 2 aromatic carbocycles. The van der Waals surface area contributed by atoms with E-state index in [0.717, 1.165) is 5.56 Å². The molecule has 5 rings (SSSR count). The molecule has 2 fully saturated rings. The summed E-state index contributed by atoms with van der Waals surface area (Å²) in [4.78, 5) is 15.7. The average Bonchev–Trinajstić information content (AvgIpc) is 3.60. The number of methoxy groups -OCH3 is 1. The number of carbonyl (C=O) groups is 1. The number of aromatic nitrogens is 3. The molecule has 5 unspecified atom stereocenters. The van der Waals surface area contributed by atoms with Gasteiger partial charge < -0.3 is 34.4 Å². The molecule has 3 aromatic rings. The largest absolute Gasteiger partial charge is 0.394 e. The number of aryl methyl sites for hydroxylation is 2. The van der Waals surface area contributed by atoms with Crippen molar-refractivity contribution in [1.82, 2.24) is 15.0 Å². The highest BCUT2D eigenvalue weighted by Crippen LogP contribution is 2.36. The highest BCUT2D eigenvalue weighted by atomic mass is 79.9. The molecular formula is C28H31BrF2N4O7. The van der Waals surface area contributed by atoms with Crippen molar-refractivity contribution in [3.8, 4) is 11.3 Å². The highest BCUT2D eigenvalue weighted by molar-refractivity contribution is 9.10. The van der Waals surface area contributed by atoms with Gasteiger partial charge in [-0.25, -0.2) is 13.5 Å². The van der Waals surface area contributed by atoms with Gasteiger partial charge in [-0.05, 0) is 49.2 Å². The Labute approximate surface area is 248 Å². The van der Waals surface area contributed by atoms with E-state index in [4.69, 9.17) is 14.2 Å². The predicted octanol–water partition coefficient (Wildman–Crippen LogP) is 2.07. The van der Waals surface area contributed by atoms with Gasteiger partial charge in [-0.15, -0.1) is 5.10 Å². The third-order valence-corrected chi connectivity index (χ3v) is 8.10. The Morgan fingerprint density at radius 2 is 1.95 bits per heavy atom. The minimum Gasteiger partial charge on any atom is -0.394 e. The van der Waals surface area contributed by atoms with Gasteiger partial charge in [0.2, 0.25) is 0 Å². The standard InChI is InChI=1S/C28H31BrF2N4O7/c1-13-6-15(29)8-16(7-13)35(19-11-41-12-20(19)37)28(39)27-26(40-3)24(25(38)21(10-36)42-27)34-9-18(32-33-34)17-5-4-14(2)22(30)23(17)31/h4-9,19-21,24-27,36-38H,10-12H2,1-3H3/t19-,20-,21?,24?,25?,26?,27?/m0/s1. The van der Waals surface area contributed by atoms with Crippen molar-refractivity contribution in [3.63, 3.8) is 0 Å². The van der Waals surface area contributed by atoms with Crippen molar-refractivity contribution in [2.75, 3.05) is 31.8 Å². The molecule has 0 aliphatic carbocycles. The third kappa shape index (κ3) is 5.60. The topological polar surface area (TPSA) is 139 Å². The van der Waals surface area contributed by atoms with Crippen LogP contribution in [0.25, 0.3) is 11.3 Å². The smallest absolute Gasteiger partial charge is 0.259 e. The van der Waals surface area contributed by atoms with Crippen LogP contribution in [0.15, 0.2) is 41.0 Å². The fourth-order valence-corrected chi connectivity index (χ4v) is 6.10. The van der Waals surface area contributed by atoms with Gasteiger partial charge >= 0.3 is 0 Å². The number of nitrogens with zero attached hydrogens (tertiary/aromatic N) is 4. The number of hydrogen-bond donors (Lipinski definition) is 3. The van der Waals surface area contributed by atoms with Crippen LogP contribution in [-0.4, -0.2) is 99.7 Å². The molecule has 1 aromatic heterocycles. The van der Waals surface area contributed by atoms with E-state index in [2.05, 4.69) is 26.2 Å². The van der Waals surface area contributed by atoms with Crippen LogP contribution in [0.4, 0.5) is 14.5 Å². The molecule has 2 saturated heterocycles. The SMILES string of the molecule is COC1C(C(=O)N(c2cc(C)cc(Br)c2)[C@H]2COC[C@@H]2O)OC(CO)C(O)C1n1cc(-c2ccc(C)c(F)c2F)nn1. The van der Waals surface area contributed by atoms with Gasteiger partial charge in [0.05, 0.1) is 32.1 Å². The Balaban J connectivity index is 1.55. The first kappa shape index (κ1) is 30.6. The lowest BCUT2D eigenvalue weighted by molar-refractivity contribution is -0.211. The lowest BCUT2D eigenvalue weighted by atomic mass is 9.91. The van der Waals surface area contributed by atoms with Gasteiger partial charge in [0, 0.05) is 22.8 Å². The van der Waals surface area contributed by atoms with E-state index < -0.39 is 66.8 Å². The number of aliphatic hydroxyl groups excluding tert-OH is 3. The Bertz CT molecular complexity index is 1440. The molecule has 0 bridgehead atoms. The lowest BCUT2D eigenvalue weighted by Crippen LogP contribution is -2.63. The van der Waals surface area contributed by atoms with Gasteiger partial charge in [0.25, 0.3) is 5.91 Å². The molecule has 14 heteroatoms. The summed E-state index contributed by atoms with van der Waals surface area (Å²) >= 11 is 3.46. The predicted molar refractivity (Wildman–Crippen MR) is 149 cm³/mol. The molecule has 3 heterocycles. The maximum atomic E-state index is 14.7. The summed E-state index contributed by atoms with van der Waals surface area (Å²) < 4.78 is 48.0. The van der Waals surface area contributed by atoms with Gasteiger partial charge in [-0.3, -0.25) is 4.79 Å². The zero-order valence-corrected chi connectivity index (χ0v) is 24.6. The van der Waals surface area contributed by atoms with Crippen LogP contribution in [0.2, 0.25) is 0 Å². The van der Waals surface area contributed by atoms with Gasteiger partial charge in [0.15, 0.2) is 17.7 Å². The molecule has 226 valence electrons. The maximum Gasteiger partial charge on any atom is 0.259 e. The van der Waals surface area contributed by atoms with Crippen LogP contribution in [0, 0.1) is 25.5 Å². The molecule has 0 saturated carbocycles. The second-order valence-corrected chi connectivity index (χ2v) is 11.4. The Hall–Kier alpha value is -2.85. The second-order valence-electron chi connectivity index (χ2n) is 10.5. The van der Waals surface area contributed by atoms with Crippen LogP contribution in [0.3, 0.4) is 0 Å². The monoisotopic (exact) mass is 652 g/mol. The maximum absolute atomic E-state index is 14.7. The Kier molecular flexibility index (Phi) is 9.04. The number of rotatable bonds is 7. The third-order valence-electron chi connectivity index (χ3n) is 7.65. The first-order valence-corrected chi connectivity index (χ1v) is 14.0. The summed E-state index contributed by atoms with van der Waals surface area (Å²) in [5, 5.41) is 40.0. The van der Waals surface area contributed by atoms with E-state index in [0.29, 0.717) is 10.2 Å². The van der Waals surface area contributed by atoms with Crippen LogP contribution >= 0.6 is 15.9 Å². The number of benzene rings is 2. The molecule has 42 heavy (non-hydrogen) atoms. The molecule has 0 radical (unpaired) electrons. The molecule has 7 atom stereocenters. The molecule has 0 spiro atoms. The molecule has 11 nitrogen and oxygen atoms in total. The molecule has 2 aliphatic rings. The number of ether oxygens (including phenoxy) is 3. The van der Waals surface area contributed by atoms with E-state index in [-0.39, 0.29) is 30.0 Å². The molecular weight excluding hydrogens is 622 g/mol. The fourth-order valence-electron chi connectivity index (χ4n) is 5.50. The van der Waals surface area contributed by atoms with Crippen molar-refractivity contribution < 1.29 is 43.1 Å². The number of amides is 1. The minimum atomic E-state index is -1.43. The highest BCUT2D eigenvalue weighted by Gasteiger charge is 2.52. The van der Waals surface area contributed by atoms with Crippen LogP contribution in [0.1, 0.15) is 17.2 Å². The summed E-state index contributed by atoms with van der Waals surface area (Å²) in [6.07, 6.45) is -4.94. The first-order chi connectivity index (χ1) is 20.0. The van der Waals surface area contributed by atoms with Gasteiger partial charge in [-0.2, -0.15) is 0 Å². The van der Waals surface area contributed by atoms with E-state index in [1.165, 1.54) is 41.9 Å². The number of halogens is 3. The van der Waals surface area contributed by atoms with Crippen molar-refractivity contribution in [1.29, 1.82) is 0 Å². The van der Waals surface area contributed by atoms with Crippen LogP contribution in [0.5, 0.6) is 0 Å². The number of aliphatic hydroxyl groups is 3. The minimum absolute atomic E-state index is 0.0131. The molecule has 3 N–H and O–H groups in total. The van der Waals surface area contributed by atoms with E-state index in [1.807, 2.05) is 13.0 Å². The Morgan fingerprint density at radius 3 is 2.60 bits per heavy atom. The summed E-state index contributed by atoms with van der Waals surface area (Å²) in [6, 6.07) is 6.23. The summed E-state index contributed by atoms with van der Waals surface area (Å²) in [5.74, 6) is -2.73.